The van der Waals surface area contributed by atoms with Crippen molar-refractivity contribution in [2.24, 2.45) is 5.92 Å². The minimum atomic E-state index is -0.0919. The lowest BCUT2D eigenvalue weighted by atomic mass is 9.85. The number of morpholine rings is 1. The zero-order chi connectivity index (χ0) is 16.1. The molecule has 0 radical (unpaired) electrons. The highest BCUT2D eigenvalue weighted by atomic mass is 32.1. The van der Waals surface area contributed by atoms with Gasteiger partial charge in [-0.05, 0) is 18.8 Å². The molecule has 2 aliphatic rings. The average Bonchev–Trinajstić information content (AvgIpc) is 3.14. The molecule has 2 fully saturated rings. The number of rotatable bonds is 5. The van der Waals surface area contributed by atoms with Crippen LogP contribution in [0.2, 0.25) is 0 Å². The Kier molecular flexibility index (Phi) is 6.02. The Morgan fingerprint density at radius 1 is 1.48 bits per heavy atom. The summed E-state index contributed by atoms with van der Waals surface area (Å²) in [4.78, 5) is 18.6. The number of nitrogens with zero attached hydrogens (tertiary/aromatic N) is 2. The van der Waals surface area contributed by atoms with Crippen LogP contribution in [-0.2, 0) is 14.3 Å². The molecule has 3 atom stereocenters. The molecule has 1 saturated heterocycles. The van der Waals surface area contributed by atoms with Crippen molar-refractivity contribution < 1.29 is 14.3 Å². The van der Waals surface area contributed by atoms with E-state index in [9.17, 15) is 4.79 Å². The summed E-state index contributed by atoms with van der Waals surface area (Å²) < 4.78 is 11.7. The van der Waals surface area contributed by atoms with Gasteiger partial charge in [-0.1, -0.05) is 26.2 Å². The van der Waals surface area contributed by atoms with Crippen molar-refractivity contribution in [1.82, 2.24) is 9.88 Å². The third kappa shape index (κ3) is 4.31. The predicted molar refractivity (Wildman–Crippen MR) is 89.4 cm³/mol. The van der Waals surface area contributed by atoms with Crippen LogP contribution in [0.15, 0.2) is 11.6 Å². The second-order valence-electron chi connectivity index (χ2n) is 6.37. The molecule has 1 saturated carbocycles. The van der Waals surface area contributed by atoms with Crippen LogP contribution in [0.4, 0.5) is 0 Å². The van der Waals surface area contributed by atoms with E-state index >= 15 is 0 Å². The maximum absolute atomic E-state index is 12.5. The molecule has 23 heavy (non-hydrogen) atoms. The second-order valence-corrected chi connectivity index (χ2v) is 7.30. The van der Waals surface area contributed by atoms with Gasteiger partial charge in [-0.15, -0.1) is 11.3 Å². The van der Waals surface area contributed by atoms with Crippen LogP contribution in [0.3, 0.4) is 0 Å². The summed E-state index contributed by atoms with van der Waals surface area (Å²) in [6.45, 7) is 4.21. The van der Waals surface area contributed by atoms with Crippen molar-refractivity contribution in [2.45, 2.75) is 51.2 Å². The smallest absolute Gasteiger partial charge is 0.248 e. The molecule has 6 heteroatoms. The predicted octanol–water partition coefficient (Wildman–Crippen LogP) is 3.03. The van der Waals surface area contributed by atoms with Crippen LogP contribution in [-0.4, -0.2) is 48.2 Å². The highest BCUT2D eigenvalue weighted by Crippen LogP contribution is 2.29. The molecule has 0 aromatic carbocycles. The number of hydrogen-bond donors (Lipinski definition) is 0. The molecule has 5 nitrogen and oxygen atoms in total. The van der Waals surface area contributed by atoms with E-state index in [2.05, 4.69) is 11.9 Å². The fraction of sp³-hybridized carbons (Fsp3) is 0.765. The van der Waals surface area contributed by atoms with Gasteiger partial charge >= 0.3 is 0 Å². The van der Waals surface area contributed by atoms with Gasteiger partial charge in [-0.2, -0.15) is 0 Å². The summed E-state index contributed by atoms with van der Waals surface area (Å²) >= 11 is 1.58. The minimum Gasteiger partial charge on any atom is -0.368 e. The molecular formula is C17H26N2O3S. The number of thiazole rings is 1. The van der Waals surface area contributed by atoms with E-state index in [1.165, 1.54) is 19.3 Å². The first-order valence-electron chi connectivity index (χ1n) is 8.68. The van der Waals surface area contributed by atoms with Crippen molar-refractivity contribution in [3.8, 4) is 0 Å². The van der Waals surface area contributed by atoms with Crippen molar-refractivity contribution in [3.05, 3.63) is 16.6 Å². The lowest BCUT2D eigenvalue weighted by Crippen LogP contribution is -2.44. The van der Waals surface area contributed by atoms with Gasteiger partial charge < -0.3 is 14.4 Å². The fourth-order valence-electron chi connectivity index (χ4n) is 3.55. The Morgan fingerprint density at radius 2 is 2.35 bits per heavy atom. The Labute approximate surface area is 142 Å². The third-order valence-corrected chi connectivity index (χ3v) is 5.80. The van der Waals surface area contributed by atoms with E-state index in [1.807, 2.05) is 10.3 Å². The second kappa shape index (κ2) is 8.22. The topological polar surface area (TPSA) is 51.7 Å². The van der Waals surface area contributed by atoms with Gasteiger partial charge in [0.1, 0.15) is 17.7 Å². The van der Waals surface area contributed by atoms with E-state index in [-0.39, 0.29) is 24.7 Å². The summed E-state index contributed by atoms with van der Waals surface area (Å²) in [6.07, 6.45) is 7.93. The summed E-state index contributed by atoms with van der Waals surface area (Å²) in [5.41, 5.74) is 0. The van der Waals surface area contributed by atoms with Gasteiger partial charge in [0.25, 0.3) is 0 Å². The molecule has 0 spiro atoms. The Hall–Kier alpha value is -0.980. The van der Waals surface area contributed by atoms with Crippen LogP contribution >= 0.6 is 11.3 Å². The number of ether oxygens (including phenoxy) is 2. The van der Waals surface area contributed by atoms with Gasteiger partial charge in [0, 0.05) is 18.1 Å². The van der Waals surface area contributed by atoms with E-state index in [1.54, 1.807) is 17.5 Å². The maximum atomic E-state index is 12.5. The van der Waals surface area contributed by atoms with Crippen molar-refractivity contribution in [1.29, 1.82) is 0 Å². The van der Waals surface area contributed by atoms with Gasteiger partial charge in [0.15, 0.2) is 0 Å². The minimum absolute atomic E-state index is 0.0790. The average molecular weight is 338 g/mol. The van der Waals surface area contributed by atoms with Crippen LogP contribution in [0.5, 0.6) is 0 Å². The fourth-order valence-corrected chi connectivity index (χ4v) is 4.23. The van der Waals surface area contributed by atoms with Gasteiger partial charge in [-0.25, -0.2) is 4.98 Å². The van der Waals surface area contributed by atoms with Crippen LogP contribution in [0.1, 0.15) is 50.1 Å². The summed E-state index contributed by atoms with van der Waals surface area (Å²) in [5, 5.41) is 2.89. The normalized spacial score (nSPS) is 28.7. The molecule has 1 aliphatic carbocycles. The quantitative estimate of drug-likeness (QED) is 0.828. The summed E-state index contributed by atoms with van der Waals surface area (Å²) in [7, 11) is 0. The first kappa shape index (κ1) is 16.9. The SMILES string of the molecule is CCC1CCCCC1OCC(=O)N1CCOC(c2nccs2)C1. The molecule has 3 unspecified atom stereocenters. The largest absolute Gasteiger partial charge is 0.368 e. The first-order valence-corrected chi connectivity index (χ1v) is 9.56. The molecule has 1 amide bonds. The Balaban J connectivity index is 1.49. The Bertz CT molecular complexity index is 494. The number of carbonyl (C=O) groups is 1. The van der Waals surface area contributed by atoms with Gasteiger partial charge in [0.2, 0.25) is 5.91 Å². The number of aromatic nitrogens is 1. The van der Waals surface area contributed by atoms with Crippen LogP contribution in [0.25, 0.3) is 0 Å². The highest BCUT2D eigenvalue weighted by molar-refractivity contribution is 7.09. The molecule has 0 N–H and O–H groups in total. The highest BCUT2D eigenvalue weighted by Gasteiger charge is 2.29. The van der Waals surface area contributed by atoms with Crippen molar-refractivity contribution in [2.75, 3.05) is 26.3 Å². The van der Waals surface area contributed by atoms with E-state index in [0.717, 1.165) is 17.8 Å². The molecule has 128 valence electrons. The molecule has 1 aliphatic heterocycles. The van der Waals surface area contributed by atoms with Gasteiger partial charge in [-0.3, -0.25) is 4.79 Å². The lowest BCUT2D eigenvalue weighted by Gasteiger charge is -2.34. The van der Waals surface area contributed by atoms with E-state index < -0.39 is 0 Å². The molecule has 2 heterocycles. The molecular weight excluding hydrogens is 312 g/mol. The zero-order valence-electron chi connectivity index (χ0n) is 13.8. The lowest BCUT2D eigenvalue weighted by molar-refractivity contribution is -0.147. The van der Waals surface area contributed by atoms with Crippen molar-refractivity contribution >= 4 is 17.2 Å². The number of amides is 1. The maximum Gasteiger partial charge on any atom is 0.248 e. The van der Waals surface area contributed by atoms with Gasteiger partial charge in [0.05, 0.1) is 19.3 Å². The zero-order valence-corrected chi connectivity index (χ0v) is 14.6. The van der Waals surface area contributed by atoms with E-state index in [4.69, 9.17) is 9.47 Å². The standard InChI is InChI=1S/C17H26N2O3S/c1-2-13-5-3-4-6-14(13)22-12-16(20)19-8-9-21-15(11-19)17-18-7-10-23-17/h7,10,13-15H,2-6,8-9,11-12H2,1H3. The number of hydrogen-bond acceptors (Lipinski definition) is 5. The van der Waals surface area contributed by atoms with Crippen LogP contribution < -0.4 is 0 Å². The summed E-state index contributed by atoms with van der Waals surface area (Å²) in [5.74, 6) is 0.694. The Morgan fingerprint density at radius 3 is 3.13 bits per heavy atom. The molecule has 1 aromatic heterocycles. The number of carbonyl (C=O) groups excluding carboxylic acids is 1. The van der Waals surface area contributed by atoms with Crippen molar-refractivity contribution in [3.63, 3.8) is 0 Å². The molecule has 0 bridgehead atoms. The summed E-state index contributed by atoms with van der Waals surface area (Å²) in [6, 6.07) is 0. The molecule has 3 rings (SSSR count). The molecule has 1 aromatic rings. The monoisotopic (exact) mass is 338 g/mol. The third-order valence-electron chi connectivity index (χ3n) is 4.93. The van der Waals surface area contributed by atoms with Crippen LogP contribution in [0, 0.1) is 5.92 Å². The van der Waals surface area contributed by atoms with E-state index in [0.29, 0.717) is 25.6 Å². The first-order chi connectivity index (χ1) is 11.3.